The van der Waals surface area contributed by atoms with Crippen LogP contribution in [-0.2, 0) is 9.59 Å². The number of amides is 4. The highest BCUT2D eigenvalue weighted by Gasteiger charge is 2.46. The van der Waals surface area contributed by atoms with Crippen LogP contribution in [0.5, 0.6) is 5.75 Å². The lowest BCUT2D eigenvalue weighted by molar-refractivity contribution is -0.135. The van der Waals surface area contributed by atoms with E-state index in [4.69, 9.17) is 10.5 Å². The summed E-state index contributed by atoms with van der Waals surface area (Å²) in [6, 6.07) is 13.6. The zero-order chi connectivity index (χ0) is 26.1. The van der Waals surface area contributed by atoms with Gasteiger partial charge in [0.2, 0.25) is 0 Å². The fourth-order valence-corrected chi connectivity index (χ4v) is 4.55. The Morgan fingerprint density at radius 1 is 1.06 bits per heavy atom. The number of urea groups is 1. The summed E-state index contributed by atoms with van der Waals surface area (Å²) in [7, 11) is 3.06. The first-order chi connectivity index (χ1) is 17.1. The van der Waals surface area contributed by atoms with E-state index in [1.165, 1.54) is 11.9 Å². The molecule has 4 amide bonds. The van der Waals surface area contributed by atoms with Gasteiger partial charge in [0.25, 0.3) is 11.8 Å². The highest BCUT2D eigenvalue weighted by atomic mass is 16.5. The zero-order valence-corrected chi connectivity index (χ0v) is 21.1. The third-order valence-electron chi connectivity index (χ3n) is 6.79. The summed E-state index contributed by atoms with van der Waals surface area (Å²) < 4.78 is 5.78. The molecule has 1 heterocycles. The van der Waals surface area contributed by atoms with Crippen LogP contribution in [0.4, 0.5) is 16.2 Å². The van der Waals surface area contributed by atoms with Gasteiger partial charge in [0.1, 0.15) is 18.0 Å². The van der Waals surface area contributed by atoms with Gasteiger partial charge in [0.15, 0.2) is 6.61 Å². The first kappa shape index (κ1) is 25.0. The second-order valence-electron chi connectivity index (χ2n) is 8.97. The number of anilines is 2. The average Bonchev–Trinajstić information content (AvgIpc) is 2.88. The maximum absolute atomic E-state index is 13.3. The summed E-state index contributed by atoms with van der Waals surface area (Å²) in [6.45, 7) is 5.36. The standard InChI is InChI=1S/C27H31N5O4/c1-15-13-21(16(2)17(3)23(15)28)36-14-22(33)30-24-25(29-4)32(27(35)31(5)26(24)34)20-12-8-10-18-9-6-7-11-19(18)20/h6-13,24-25,29H,14,28H2,1-5H3,(H,30,33). The topological polar surface area (TPSA) is 117 Å². The molecule has 9 heteroatoms. The van der Waals surface area contributed by atoms with Gasteiger partial charge in [-0.05, 0) is 62.0 Å². The third kappa shape index (κ3) is 4.33. The van der Waals surface area contributed by atoms with E-state index in [9.17, 15) is 14.4 Å². The van der Waals surface area contributed by atoms with Crippen LogP contribution in [0.15, 0.2) is 48.5 Å². The van der Waals surface area contributed by atoms with E-state index in [1.807, 2.05) is 63.2 Å². The van der Waals surface area contributed by atoms with Crippen molar-refractivity contribution in [2.75, 3.05) is 31.3 Å². The van der Waals surface area contributed by atoms with Gasteiger partial charge in [-0.25, -0.2) is 4.79 Å². The fraction of sp³-hybridized carbons (Fsp3) is 0.296. The molecular formula is C27H31N5O4. The number of fused-ring (bicyclic) bond motifs is 1. The van der Waals surface area contributed by atoms with Crippen LogP contribution >= 0.6 is 0 Å². The van der Waals surface area contributed by atoms with Crippen molar-refractivity contribution in [3.63, 3.8) is 0 Å². The number of benzene rings is 3. The van der Waals surface area contributed by atoms with Crippen molar-refractivity contribution in [1.82, 2.24) is 15.5 Å². The molecule has 4 rings (SSSR count). The largest absolute Gasteiger partial charge is 0.483 e. The average molecular weight is 490 g/mol. The molecule has 2 unspecified atom stereocenters. The summed E-state index contributed by atoms with van der Waals surface area (Å²) in [4.78, 5) is 41.8. The van der Waals surface area contributed by atoms with Crippen LogP contribution in [0.3, 0.4) is 0 Å². The number of aryl methyl sites for hydroxylation is 1. The number of imide groups is 1. The lowest BCUT2D eigenvalue weighted by Crippen LogP contribution is -2.71. The molecule has 3 aromatic rings. The van der Waals surface area contributed by atoms with Crippen molar-refractivity contribution in [3.8, 4) is 5.75 Å². The molecule has 1 saturated heterocycles. The predicted octanol–water partition coefficient (Wildman–Crippen LogP) is 2.85. The molecule has 188 valence electrons. The van der Waals surface area contributed by atoms with E-state index in [1.54, 1.807) is 13.1 Å². The van der Waals surface area contributed by atoms with Crippen LogP contribution in [0, 0.1) is 20.8 Å². The molecule has 1 fully saturated rings. The van der Waals surface area contributed by atoms with Crippen molar-refractivity contribution in [1.29, 1.82) is 0 Å². The van der Waals surface area contributed by atoms with Crippen molar-refractivity contribution in [3.05, 3.63) is 65.2 Å². The molecule has 0 bridgehead atoms. The van der Waals surface area contributed by atoms with E-state index < -0.39 is 30.1 Å². The highest BCUT2D eigenvalue weighted by molar-refractivity contribution is 6.12. The number of hydrogen-bond acceptors (Lipinski definition) is 6. The van der Waals surface area contributed by atoms with E-state index in [0.717, 1.165) is 32.4 Å². The van der Waals surface area contributed by atoms with Gasteiger partial charge in [-0.3, -0.25) is 24.7 Å². The molecule has 9 nitrogen and oxygen atoms in total. The molecule has 36 heavy (non-hydrogen) atoms. The van der Waals surface area contributed by atoms with Gasteiger partial charge >= 0.3 is 6.03 Å². The number of rotatable bonds is 6. The molecule has 3 aromatic carbocycles. The molecular weight excluding hydrogens is 458 g/mol. The smallest absolute Gasteiger partial charge is 0.332 e. The van der Waals surface area contributed by atoms with Crippen molar-refractivity contribution < 1.29 is 19.1 Å². The van der Waals surface area contributed by atoms with E-state index in [-0.39, 0.29) is 6.61 Å². The summed E-state index contributed by atoms with van der Waals surface area (Å²) in [6.07, 6.45) is -0.807. The molecule has 0 radical (unpaired) electrons. The highest BCUT2D eigenvalue weighted by Crippen LogP contribution is 2.32. The summed E-state index contributed by atoms with van der Waals surface area (Å²) in [5.74, 6) is -0.445. The first-order valence-electron chi connectivity index (χ1n) is 11.7. The Labute approximate surface area is 210 Å². The van der Waals surface area contributed by atoms with Gasteiger partial charge in [-0.1, -0.05) is 36.4 Å². The number of nitrogens with one attached hydrogen (secondary N) is 2. The lowest BCUT2D eigenvalue weighted by atomic mass is 10.0. The Balaban J connectivity index is 1.60. The van der Waals surface area contributed by atoms with Crippen LogP contribution in [-0.4, -0.2) is 55.7 Å². The Kier molecular flexibility index (Phi) is 6.85. The van der Waals surface area contributed by atoms with Crippen LogP contribution in [0.2, 0.25) is 0 Å². The molecule has 1 aliphatic rings. The normalized spacial score (nSPS) is 18.0. The summed E-state index contributed by atoms with van der Waals surface area (Å²) in [5.41, 5.74) is 10.0. The van der Waals surface area contributed by atoms with Gasteiger partial charge in [0, 0.05) is 18.1 Å². The van der Waals surface area contributed by atoms with E-state index in [2.05, 4.69) is 10.6 Å². The minimum absolute atomic E-state index is 0.296. The lowest BCUT2D eigenvalue weighted by Gasteiger charge is -2.43. The monoisotopic (exact) mass is 489 g/mol. The van der Waals surface area contributed by atoms with Gasteiger partial charge < -0.3 is 15.8 Å². The molecule has 0 spiro atoms. The van der Waals surface area contributed by atoms with Gasteiger partial charge in [-0.15, -0.1) is 0 Å². The van der Waals surface area contributed by atoms with E-state index >= 15 is 0 Å². The summed E-state index contributed by atoms with van der Waals surface area (Å²) in [5, 5.41) is 7.62. The molecule has 4 N–H and O–H groups in total. The third-order valence-corrected chi connectivity index (χ3v) is 6.79. The molecule has 0 aromatic heterocycles. The number of nitrogens with two attached hydrogens (primary N) is 1. The number of carbonyl (C=O) groups excluding carboxylic acids is 3. The Hall–Kier alpha value is -4.11. The SMILES string of the molecule is CNC1C(NC(=O)COc2cc(C)c(N)c(C)c2C)C(=O)N(C)C(=O)N1c1cccc2ccccc12. The maximum Gasteiger partial charge on any atom is 0.332 e. The predicted molar refractivity (Wildman–Crippen MR) is 140 cm³/mol. The zero-order valence-electron chi connectivity index (χ0n) is 21.1. The number of carbonyl (C=O) groups is 3. The van der Waals surface area contributed by atoms with Crippen LogP contribution in [0.25, 0.3) is 10.8 Å². The quantitative estimate of drug-likeness (QED) is 0.459. The molecule has 2 atom stereocenters. The van der Waals surface area contributed by atoms with Crippen molar-refractivity contribution >= 4 is 40.0 Å². The Morgan fingerprint density at radius 3 is 2.47 bits per heavy atom. The van der Waals surface area contributed by atoms with Gasteiger partial charge in [-0.2, -0.15) is 0 Å². The number of likely N-dealkylation sites (N-methyl/N-ethyl adjacent to an activating group) is 2. The second kappa shape index (κ2) is 9.87. The molecule has 0 saturated carbocycles. The second-order valence-corrected chi connectivity index (χ2v) is 8.97. The fourth-order valence-electron chi connectivity index (χ4n) is 4.55. The first-order valence-corrected chi connectivity index (χ1v) is 11.7. The summed E-state index contributed by atoms with van der Waals surface area (Å²) >= 11 is 0. The maximum atomic E-state index is 13.3. The Morgan fingerprint density at radius 2 is 1.75 bits per heavy atom. The Bertz CT molecular complexity index is 1350. The van der Waals surface area contributed by atoms with Crippen LogP contribution in [0.1, 0.15) is 16.7 Å². The van der Waals surface area contributed by atoms with Crippen LogP contribution < -0.4 is 26.0 Å². The molecule has 1 aliphatic heterocycles. The number of ether oxygens (including phenoxy) is 1. The van der Waals surface area contributed by atoms with Crippen molar-refractivity contribution in [2.24, 2.45) is 0 Å². The van der Waals surface area contributed by atoms with Gasteiger partial charge in [0.05, 0.1) is 5.69 Å². The minimum Gasteiger partial charge on any atom is -0.483 e. The molecule has 0 aliphatic carbocycles. The number of nitrogens with zero attached hydrogens (tertiary/aromatic N) is 2. The minimum atomic E-state index is -1.02. The van der Waals surface area contributed by atoms with Crippen molar-refractivity contribution in [2.45, 2.75) is 33.0 Å². The number of hydrogen-bond donors (Lipinski definition) is 3. The van der Waals surface area contributed by atoms with E-state index in [0.29, 0.717) is 17.1 Å². The number of nitrogen functional groups attached to an aromatic ring is 1.